The van der Waals surface area contributed by atoms with E-state index in [0.717, 1.165) is 18.8 Å². The average molecular weight is 220 g/mol. The van der Waals surface area contributed by atoms with Gasteiger partial charge < -0.3 is 10.1 Å². The molecule has 1 aromatic heterocycles. The first-order valence-corrected chi connectivity index (χ1v) is 6.03. The number of nitrogens with one attached hydrogen (secondary N) is 1. The third-order valence-electron chi connectivity index (χ3n) is 3.25. The van der Waals surface area contributed by atoms with E-state index in [1.807, 2.05) is 19.2 Å². The Morgan fingerprint density at radius 3 is 3.19 bits per heavy atom. The second-order valence-corrected chi connectivity index (χ2v) is 4.47. The van der Waals surface area contributed by atoms with Crippen LogP contribution in [0.4, 0.5) is 0 Å². The molecule has 1 saturated heterocycles. The third kappa shape index (κ3) is 2.80. The number of pyridine rings is 1. The fourth-order valence-electron chi connectivity index (χ4n) is 2.10. The molecule has 0 aromatic carbocycles. The Morgan fingerprint density at radius 2 is 2.50 bits per heavy atom. The second kappa shape index (κ2) is 5.41. The predicted molar refractivity (Wildman–Crippen MR) is 64.2 cm³/mol. The van der Waals surface area contributed by atoms with Crippen molar-refractivity contribution in [3.8, 4) is 0 Å². The minimum atomic E-state index is 0.386. The molecule has 1 aliphatic heterocycles. The molecule has 3 heteroatoms. The minimum Gasteiger partial charge on any atom is -0.377 e. The van der Waals surface area contributed by atoms with Crippen molar-refractivity contribution in [1.29, 1.82) is 0 Å². The predicted octanol–water partition coefficient (Wildman–Crippen LogP) is 2.05. The highest BCUT2D eigenvalue weighted by molar-refractivity contribution is 5.17. The largest absolute Gasteiger partial charge is 0.377 e. The van der Waals surface area contributed by atoms with Gasteiger partial charge in [0.15, 0.2) is 0 Å². The van der Waals surface area contributed by atoms with Gasteiger partial charge in [-0.3, -0.25) is 4.98 Å². The van der Waals surface area contributed by atoms with Crippen molar-refractivity contribution < 1.29 is 4.74 Å². The topological polar surface area (TPSA) is 34.2 Å². The van der Waals surface area contributed by atoms with Crippen molar-refractivity contribution in [1.82, 2.24) is 10.3 Å². The Hall–Kier alpha value is -0.930. The summed E-state index contributed by atoms with van der Waals surface area (Å²) in [6.07, 6.45) is 4.60. The summed E-state index contributed by atoms with van der Waals surface area (Å²) in [5.41, 5.74) is 2.38. The molecule has 0 spiro atoms. The van der Waals surface area contributed by atoms with E-state index < -0.39 is 0 Å². The Balaban J connectivity index is 1.84. The van der Waals surface area contributed by atoms with Gasteiger partial charge >= 0.3 is 0 Å². The smallest absolute Gasteiger partial charge is 0.0726 e. The maximum atomic E-state index is 5.66. The monoisotopic (exact) mass is 220 g/mol. The highest BCUT2D eigenvalue weighted by atomic mass is 16.5. The number of ether oxygens (including phenoxy) is 1. The Bertz CT molecular complexity index is 334. The van der Waals surface area contributed by atoms with Gasteiger partial charge in [-0.1, -0.05) is 6.07 Å². The molecule has 0 saturated carbocycles. The van der Waals surface area contributed by atoms with Crippen molar-refractivity contribution >= 4 is 0 Å². The van der Waals surface area contributed by atoms with Crippen LogP contribution in [0.25, 0.3) is 0 Å². The van der Waals surface area contributed by atoms with E-state index in [0.29, 0.717) is 12.1 Å². The van der Waals surface area contributed by atoms with Gasteiger partial charge in [0.2, 0.25) is 0 Å². The first kappa shape index (κ1) is 11.6. The first-order chi connectivity index (χ1) is 7.77. The van der Waals surface area contributed by atoms with Gasteiger partial charge in [-0.2, -0.15) is 0 Å². The minimum absolute atomic E-state index is 0.386. The summed E-state index contributed by atoms with van der Waals surface area (Å²) in [7, 11) is 0. The summed E-state index contributed by atoms with van der Waals surface area (Å²) in [5, 5.41) is 3.52. The van der Waals surface area contributed by atoms with E-state index in [4.69, 9.17) is 4.74 Å². The normalized spacial score (nSPS) is 22.2. The molecule has 3 nitrogen and oxygen atoms in total. The molecule has 16 heavy (non-hydrogen) atoms. The molecule has 2 unspecified atom stereocenters. The number of nitrogens with zero attached hydrogens (tertiary/aromatic N) is 1. The van der Waals surface area contributed by atoms with Crippen LogP contribution < -0.4 is 5.32 Å². The van der Waals surface area contributed by atoms with Crippen molar-refractivity contribution in [2.24, 2.45) is 0 Å². The summed E-state index contributed by atoms with van der Waals surface area (Å²) >= 11 is 0. The van der Waals surface area contributed by atoms with Gasteiger partial charge in [0.05, 0.1) is 6.10 Å². The lowest BCUT2D eigenvalue weighted by atomic mass is 10.1. The van der Waals surface area contributed by atoms with Gasteiger partial charge in [-0.15, -0.1) is 0 Å². The van der Waals surface area contributed by atoms with Crippen LogP contribution >= 0.6 is 0 Å². The Morgan fingerprint density at radius 1 is 1.62 bits per heavy atom. The van der Waals surface area contributed by atoms with Gasteiger partial charge in [0.1, 0.15) is 0 Å². The number of aryl methyl sites for hydroxylation is 1. The Kier molecular flexibility index (Phi) is 3.91. The standard InChI is InChI=1S/C13H20N2O/c1-10-12(5-3-7-14-10)9-15-11(2)13-6-4-8-16-13/h3,5,7,11,13,15H,4,6,8-9H2,1-2H3. The molecule has 2 heterocycles. The van der Waals surface area contributed by atoms with Crippen LogP contribution in [0.1, 0.15) is 31.0 Å². The average Bonchev–Trinajstić information content (AvgIpc) is 2.81. The summed E-state index contributed by atoms with van der Waals surface area (Å²) in [4.78, 5) is 4.28. The zero-order valence-corrected chi connectivity index (χ0v) is 10.1. The van der Waals surface area contributed by atoms with Crippen molar-refractivity contribution in [3.63, 3.8) is 0 Å². The van der Waals surface area contributed by atoms with Gasteiger partial charge in [-0.05, 0) is 38.3 Å². The molecule has 0 radical (unpaired) electrons. The number of rotatable bonds is 4. The van der Waals surface area contributed by atoms with Gasteiger partial charge in [-0.25, -0.2) is 0 Å². The van der Waals surface area contributed by atoms with Gasteiger partial charge in [0, 0.05) is 31.1 Å². The second-order valence-electron chi connectivity index (χ2n) is 4.47. The van der Waals surface area contributed by atoms with E-state index in [2.05, 4.69) is 23.3 Å². The van der Waals surface area contributed by atoms with Gasteiger partial charge in [0.25, 0.3) is 0 Å². The molecule has 1 aliphatic rings. The summed E-state index contributed by atoms with van der Waals surface area (Å²) in [6, 6.07) is 4.53. The Labute approximate surface area is 97.2 Å². The van der Waals surface area contributed by atoms with Crippen LogP contribution in [0, 0.1) is 6.92 Å². The quantitative estimate of drug-likeness (QED) is 0.843. The fraction of sp³-hybridized carbons (Fsp3) is 0.615. The zero-order valence-electron chi connectivity index (χ0n) is 10.1. The number of hydrogen-bond acceptors (Lipinski definition) is 3. The lowest BCUT2D eigenvalue weighted by molar-refractivity contribution is 0.0832. The van der Waals surface area contributed by atoms with Crippen LogP contribution in [-0.2, 0) is 11.3 Å². The molecule has 0 bridgehead atoms. The van der Waals surface area contributed by atoms with Crippen molar-refractivity contribution in [2.45, 2.75) is 45.4 Å². The van der Waals surface area contributed by atoms with E-state index in [-0.39, 0.29) is 0 Å². The van der Waals surface area contributed by atoms with E-state index in [1.165, 1.54) is 18.4 Å². The SMILES string of the molecule is Cc1ncccc1CNC(C)C1CCCO1. The maximum Gasteiger partial charge on any atom is 0.0726 e. The maximum absolute atomic E-state index is 5.66. The molecular formula is C13H20N2O. The third-order valence-corrected chi connectivity index (χ3v) is 3.25. The van der Waals surface area contributed by atoms with E-state index in [9.17, 15) is 0 Å². The molecule has 2 rings (SSSR count). The fourth-order valence-corrected chi connectivity index (χ4v) is 2.10. The molecule has 1 fully saturated rings. The molecule has 88 valence electrons. The highest BCUT2D eigenvalue weighted by Crippen LogP contribution is 2.15. The number of hydrogen-bond donors (Lipinski definition) is 1. The molecule has 1 aromatic rings. The van der Waals surface area contributed by atoms with E-state index in [1.54, 1.807) is 0 Å². The molecule has 2 atom stereocenters. The van der Waals surface area contributed by atoms with Crippen LogP contribution in [0.5, 0.6) is 0 Å². The number of aromatic nitrogens is 1. The molecule has 0 amide bonds. The molecule has 0 aliphatic carbocycles. The summed E-state index contributed by atoms with van der Waals surface area (Å²) in [5.74, 6) is 0. The summed E-state index contributed by atoms with van der Waals surface area (Å²) in [6.45, 7) is 6.04. The highest BCUT2D eigenvalue weighted by Gasteiger charge is 2.21. The lowest BCUT2D eigenvalue weighted by Crippen LogP contribution is -2.36. The van der Waals surface area contributed by atoms with Crippen LogP contribution in [0.3, 0.4) is 0 Å². The zero-order chi connectivity index (χ0) is 11.4. The molecular weight excluding hydrogens is 200 g/mol. The lowest BCUT2D eigenvalue weighted by Gasteiger charge is -2.20. The van der Waals surface area contributed by atoms with Crippen molar-refractivity contribution in [2.75, 3.05) is 6.61 Å². The summed E-state index contributed by atoms with van der Waals surface area (Å²) < 4.78 is 5.66. The van der Waals surface area contributed by atoms with Crippen molar-refractivity contribution in [3.05, 3.63) is 29.6 Å². The van der Waals surface area contributed by atoms with E-state index >= 15 is 0 Å². The van der Waals surface area contributed by atoms with Crippen LogP contribution in [0.2, 0.25) is 0 Å². The van der Waals surface area contributed by atoms with Crippen LogP contribution in [0.15, 0.2) is 18.3 Å². The first-order valence-electron chi connectivity index (χ1n) is 6.03. The van der Waals surface area contributed by atoms with Crippen LogP contribution in [-0.4, -0.2) is 23.7 Å². The molecule has 1 N–H and O–H groups in total.